The minimum absolute atomic E-state index is 0.0103. The number of hydrogen-bond acceptors (Lipinski definition) is 6. The maximum absolute atomic E-state index is 13.6. The summed E-state index contributed by atoms with van der Waals surface area (Å²) < 4.78 is 34.0. The van der Waals surface area contributed by atoms with Gasteiger partial charge in [0, 0.05) is 5.75 Å². The molecule has 9 heteroatoms. The third-order valence-electron chi connectivity index (χ3n) is 3.09. The van der Waals surface area contributed by atoms with Gasteiger partial charge in [-0.1, -0.05) is 17.8 Å². The molecular weight excluding hydrogens is 326 g/mol. The lowest BCUT2D eigenvalue weighted by Gasteiger charge is -2.12. The van der Waals surface area contributed by atoms with Crippen molar-refractivity contribution < 1.29 is 18.3 Å². The third-order valence-corrected chi connectivity index (χ3v) is 4.12. The fraction of sp³-hybridized carbons (Fsp3) is 0.214. The fourth-order valence-corrected chi connectivity index (χ4v) is 2.83. The lowest BCUT2D eigenvalue weighted by atomic mass is 10.1. The number of hydrogen-bond donors (Lipinski definition) is 1. The molecular formula is C14H12F2N4O2S. The first-order chi connectivity index (χ1) is 11.1. The first kappa shape index (κ1) is 15.6. The molecule has 0 spiro atoms. The average molecular weight is 338 g/mol. The molecule has 0 amide bonds. The highest BCUT2D eigenvalue weighted by Crippen LogP contribution is 2.26. The van der Waals surface area contributed by atoms with Gasteiger partial charge in [0.05, 0.1) is 17.9 Å². The number of rotatable bonds is 6. The maximum atomic E-state index is 13.6. The predicted molar refractivity (Wildman–Crippen MR) is 77.7 cm³/mol. The Morgan fingerprint density at radius 3 is 2.70 bits per heavy atom. The number of aliphatic hydroxyl groups excluding tert-OH is 1. The first-order valence-corrected chi connectivity index (χ1v) is 7.67. The van der Waals surface area contributed by atoms with Crippen molar-refractivity contribution in [3.63, 3.8) is 0 Å². The summed E-state index contributed by atoms with van der Waals surface area (Å²) >= 11 is 1.10. The summed E-state index contributed by atoms with van der Waals surface area (Å²) in [6, 6.07) is 6.98. The minimum Gasteiger partial charge on any atom is -0.467 e. The first-order valence-electron chi connectivity index (χ1n) is 6.68. The molecule has 0 saturated heterocycles. The van der Waals surface area contributed by atoms with E-state index < -0.39 is 17.7 Å². The number of aromatic nitrogens is 4. The normalized spacial score (nSPS) is 12.5. The van der Waals surface area contributed by atoms with Gasteiger partial charge in [-0.05, 0) is 34.7 Å². The number of furan rings is 1. The number of benzene rings is 1. The van der Waals surface area contributed by atoms with Crippen LogP contribution in [0, 0.1) is 11.6 Å². The van der Waals surface area contributed by atoms with E-state index >= 15 is 0 Å². The Kier molecular flexibility index (Phi) is 4.68. The Morgan fingerprint density at radius 2 is 2.00 bits per heavy atom. The van der Waals surface area contributed by atoms with Crippen LogP contribution in [0.3, 0.4) is 0 Å². The average Bonchev–Trinajstić information content (AvgIpc) is 3.17. The van der Waals surface area contributed by atoms with Crippen molar-refractivity contribution in [3.8, 4) is 0 Å². The zero-order valence-corrected chi connectivity index (χ0v) is 12.6. The lowest BCUT2D eigenvalue weighted by Crippen LogP contribution is -2.08. The van der Waals surface area contributed by atoms with Gasteiger partial charge >= 0.3 is 0 Å². The van der Waals surface area contributed by atoms with Crippen LogP contribution in [0.1, 0.15) is 17.4 Å². The molecule has 2 aromatic heterocycles. The van der Waals surface area contributed by atoms with E-state index in [1.54, 1.807) is 12.1 Å². The Morgan fingerprint density at radius 1 is 1.22 bits per heavy atom. The smallest absolute Gasteiger partial charge is 0.209 e. The van der Waals surface area contributed by atoms with Crippen LogP contribution >= 0.6 is 11.8 Å². The molecule has 1 atom stereocenters. The second kappa shape index (κ2) is 6.88. The van der Waals surface area contributed by atoms with E-state index in [1.165, 1.54) is 17.0 Å². The van der Waals surface area contributed by atoms with Crippen molar-refractivity contribution in [2.75, 3.05) is 5.75 Å². The van der Waals surface area contributed by atoms with Crippen LogP contribution in [0.4, 0.5) is 8.78 Å². The van der Waals surface area contributed by atoms with E-state index in [0.717, 1.165) is 23.9 Å². The molecule has 3 aromatic rings. The van der Waals surface area contributed by atoms with Gasteiger partial charge in [0.15, 0.2) is 0 Å². The van der Waals surface area contributed by atoms with Crippen LogP contribution in [0.5, 0.6) is 0 Å². The number of thioether (sulfide) groups is 1. The van der Waals surface area contributed by atoms with Crippen molar-refractivity contribution >= 4 is 11.8 Å². The molecule has 0 aliphatic carbocycles. The summed E-state index contributed by atoms with van der Waals surface area (Å²) in [5, 5.41) is 21.7. The van der Waals surface area contributed by atoms with E-state index in [2.05, 4.69) is 15.5 Å². The van der Waals surface area contributed by atoms with Gasteiger partial charge in [-0.25, -0.2) is 13.5 Å². The van der Waals surface area contributed by atoms with Crippen molar-refractivity contribution in [3.05, 3.63) is 59.6 Å². The van der Waals surface area contributed by atoms with Crippen molar-refractivity contribution in [1.29, 1.82) is 0 Å². The molecule has 3 rings (SSSR count). The SMILES string of the molecule is OC(CSc1nnnn1Cc1ccco1)c1c(F)cccc1F. The molecule has 0 fully saturated rings. The zero-order chi connectivity index (χ0) is 16.2. The number of halogens is 2. The molecule has 0 aliphatic rings. The van der Waals surface area contributed by atoms with Gasteiger partial charge in [0.2, 0.25) is 5.16 Å². The summed E-state index contributed by atoms with van der Waals surface area (Å²) in [7, 11) is 0. The summed E-state index contributed by atoms with van der Waals surface area (Å²) in [6.07, 6.45) is 0.229. The van der Waals surface area contributed by atoms with E-state index in [4.69, 9.17) is 4.42 Å². The van der Waals surface area contributed by atoms with E-state index in [-0.39, 0.29) is 11.3 Å². The predicted octanol–water partition coefficient (Wildman–Crippen LogP) is 2.42. The number of aliphatic hydroxyl groups is 1. The third kappa shape index (κ3) is 3.57. The van der Waals surface area contributed by atoms with Gasteiger partial charge in [0.25, 0.3) is 0 Å². The van der Waals surface area contributed by atoms with E-state index in [9.17, 15) is 13.9 Å². The quantitative estimate of drug-likeness (QED) is 0.696. The largest absolute Gasteiger partial charge is 0.467 e. The van der Waals surface area contributed by atoms with Crippen LogP contribution in [-0.2, 0) is 6.54 Å². The molecule has 2 heterocycles. The second-order valence-electron chi connectivity index (χ2n) is 4.66. The molecule has 0 bridgehead atoms. The highest BCUT2D eigenvalue weighted by atomic mass is 32.2. The number of nitrogens with zero attached hydrogens (tertiary/aromatic N) is 4. The summed E-state index contributed by atoms with van der Waals surface area (Å²) in [4.78, 5) is 0. The Bertz CT molecular complexity index is 759. The van der Waals surface area contributed by atoms with Crippen molar-refractivity contribution in [2.45, 2.75) is 17.8 Å². The van der Waals surface area contributed by atoms with E-state index in [0.29, 0.717) is 17.5 Å². The van der Waals surface area contributed by atoms with Crippen LogP contribution in [-0.4, -0.2) is 31.1 Å². The molecule has 1 N–H and O–H groups in total. The van der Waals surface area contributed by atoms with Gasteiger partial charge < -0.3 is 9.52 Å². The topological polar surface area (TPSA) is 77.0 Å². The molecule has 1 unspecified atom stereocenters. The fourth-order valence-electron chi connectivity index (χ4n) is 2.02. The second-order valence-corrected chi connectivity index (χ2v) is 5.65. The minimum atomic E-state index is -1.31. The van der Waals surface area contributed by atoms with Gasteiger partial charge in [0.1, 0.15) is 23.9 Å². The van der Waals surface area contributed by atoms with Gasteiger partial charge in [-0.15, -0.1) is 5.10 Å². The van der Waals surface area contributed by atoms with Crippen molar-refractivity contribution in [1.82, 2.24) is 20.2 Å². The monoisotopic (exact) mass is 338 g/mol. The molecule has 6 nitrogen and oxygen atoms in total. The van der Waals surface area contributed by atoms with Gasteiger partial charge in [-0.3, -0.25) is 0 Å². The van der Waals surface area contributed by atoms with E-state index in [1.807, 2.05) is 0 Å². The van der Waals surface area contributed by atoms with Crippen LogP contribution in [0.15, 0.2) is 46.2 Å². The van der Waals surface area contributed by atoms with Crippen molar-refractivity contribution in [2.24, 2.45) is 0 Å². The van der Waals surface area contributed by atoms with Crippen LogP contribution < -0.4 is 0 Å². The molecule has 1 aromatic carbocycles. The highest BCUT2D eigenvalue weighted by molar-refractivity contribution is 7.99. The zero-order valence-electron chi connectivity index (χ0n) is 11.8. The molecule has 120 valence electrons. The molecule has 0 saturated carbocycles. The summed E-state index contributed by atoms with van der Waals surface area (Å²) in [5.74, 6) is -0.891. The molecule has 0 aliphatic heterocycles. The molecule has 23 heavy (non-hydrogen) atoms. The lowest BCUT2D eigenvalue weighted by molar-refractivity contribution is 0.193. The van der Waals surface area contributed by atoms with Gasteiger partial charge in [-0.2, -0.15) is 0 Å². The Hall–Kier alpha value is -2.26. The summed E-state index contributed by atoms with van der Waals surface area (Å²) in [5.41, 5.74) is -0.356. The maximum Gasteiger partial charge on any atom is 0.209 e. The van der Waals surface area contributed by atoms with Crippen LogP contribution in [0.2, 0.25) is 0 Å². The van der Waals surface area contributed by atoms with Crippen LogP contribution in [0.25, 0.3) is 0 Å². The highest BCUT2D eigenvalue weighted by Gasteiger charge is 2.19. The summed E-state index contributed by atoms with van der Waals surface area (Å²) in [6.45, 7) is 0.326. The number of tetrazole rings is 1. The molecule has 0 radical (unpaired) electrons. The Labute approximate surface area is 134 Å². The standard InChI is InChI=1S/C14H12F2N4O2S/c15-10-4-1-5-11(16)13(10)12(21)8-23-14-17-18-19-20(14)7-9-3-2-6-22-9/h1-6,12,21H,7-8H2. The Balaban J connectivity index is 1.68.